The highest BCUT2D eigenvalue weighted by atomic mass is 16.4. The molecule has 0 bridgehead atoms. The molecule has 98 valence electrons. The molecule has 3 rings (SSSR count). The molecule has 1 aromatic carbocycles. The minimum absolute atomic E-state index is 0.443. The highest BCUT2D eigenvalue weighted by Gasteiger charge is 2.16. The Morgan fingerprint density at radius 3 is 2.74 bits per heavy atom. The van der Waals surface area contributed by atoms with Gasteiger partial charge in [-0.1, -0.05) is 12.1 Å². The molecule has 0 fully saturated rings. The first kappa shape index (κ1) is 12.0. The summed E-state index contributed by atoms with van der Waals surface area (Å²) in [6.45, 7) is 1.87. The number of imidazole rings is 1. The van der Waals surface area contributed by atoms with E-state index < -0.39 is 6.10 Å². The van der Waals surface area contributed by atoms with Gasteiger partial charge in [0.25, 0.3) is 0 Å². The molecule has 3 aromatic rings. The van der Waals surface area contributed by atoms with E-state index in [0.29, 0.717) is 12.2 Å². The number of rotatable bonds is 3. The van der Waals surface area contributed by atoms with Gasteiger partial charge in [-0.15, -0.1) is 0 Å². The van der Waals surface area contributed by atoms with Crippen LogP contribution in [0.5, 0.6) is 0 Å². The van der Waals surface area contributed by atoms with Gasteiger partial charge in [-0.2, -0.15) is 0 Å². The van der Waals surface area contributed by atoms with Crippen LogP contribution in [0, 0.1) is 6.92 Å². The first-order valence-corrected chi connectivity index (χ1v) is 6.30. The molecule has 1 atom stereocenters. The number of aliphatic hydroxyl groups is 1. The Labute approximate surface area is 111 Å². The maximum Gasteiger partial charge on any atom is 0.133 e. The Balaban J connectivity index is 1.91. The normalized spacial score (nSPS) is 13.0. The molecule has 0 amide bonds. The smallest absolute Gasteiger partial charge is 0.133 e. The van der Waals surface area contributed by atoms with Crippen LogP contribution in [-0.4, -0.2) is 14.7 Å². The van der Waals surface area contributed by atoms with E-state index in [1.54, 1.807) is 0 Å². The molecule has 4 nitrogen and oxygen atoms in total. The molecule has 2 heterocycles. The van der Waals surface area contributed by atoms with Gasteiger partial charge >= 0.3 is 0 Å². The van der Waals surface area contributed by atoms with Crippen LogP contribution in [0.2, 0.25) is 0 Å². The second kappa shape index (κ2) is 4.55. The van der Waals surface area contributed by atoms with Crippen molar-refractivity contribution in [2.24, 2.45) is 7.05 Å². The number of nitrogens with zero attached hydrogens (tertiary/aromatic N) is 2. The second-order valence-electron chi connectivity index (χ2n) is 4.74. The fourth-order valence-electron chi connectivity index (χ4n) is 2.28. The zero-order valence-corrected chi connectivity index (χ0v) is 11.0. The molecule has 4 heteroatoms. The maximum absolute atomic E-state index is 10.2. The average Bonchev–Trinajstić information content (AvgIpc) is 2.96. The SMILES string of the molecule is Cc1ccc(C(O)Cc2nc3ccccc3n2C)o1. The van der Waals surface area contributed by atoms with E-state index in [2.05, 4.69) is 4.98 Å². The van der Waals surface area contributed by atoms with Crippen LogP contribution in [0.25, 0.3) is 11.0 Å². The van der Waals surface area contributed by atoms with Crippen LogP contribution in [0.4, 0.5) is 0 Å². The lowest BCUT2D eigenvalue weighted by atomic mass is 10.2. The highest BCUT2D eigenvalue weighted by Crippen LogP contribution is 2.22. The summed E-state index contributed by atoms with van der Waals surface area (Å²) in [6.07, 6.45) is -0.220. The standard InChI is InChI=1S/C15H16N2O2/c1-10-7-8-14(19-10)13(18)9-15-16-11-5-3-4-6-12(11)17(15)2/h3-8,13,18H,9H2,1-2H3. The number of benzene rings is 1. The summed E-state index contributed by atoms with van der Waals surface area (Å²) in [5.41, 5.74) is 2.02. The monoisotopic (exact) mass is 256 g/mol. The van der Waals surface area contributed by atoms with Crippen LogP contribution in [-0.2, 0) is 13.5 Å². The number of aryl methyl sites for hydroxylation is 2. The van der Waals surface area contributed by atoms with Gasteiger partial charge < -0.3 is 14.1 Å². The molecule has 2 aromatic heterocycles. The fraction of sp³-hybridized carbons (Fsp3) is 0.267. The van der Waals surface area contributed by atoms with Crippen molar-refractivity contribution in [2.75, 3.05) is 0 Å². The molecule has 0 radical (unpaired) electrons. The number of hydrogen-bond donors (Lipinski definition) is 1. The minimum Gasteiger partial charge on any atom is -0.464 e. The van der Waals surface area contributed by atoms with Crippen molar-refractivity contribution in [2.45, 2.75) is 19.4 Å². The third kappa shape index (κ3) is 2.15. The summed E-state index contributed by atoms with van der Waals surface area (Å²) in [5.74, 6) is 2.24. The number of fused-ring (bicyclic) bond motifs is 1. The second-order valence-corrected chi connectivity index (χ2v) is 4.74. The Bertz CT molecular complexity index is 712. The number of aliphatic hydroxyl groups excluding tert-OH is 1. The fourth-order valence-corrected chi connectivity index (χ4v) is 2.28. The van der Waals surface area contributed by atoms with Gasteiger partial charge in [0.05, 0.1) is 11.0 Å². The molecule has 0 aliphatic rings. The molecular formula is C15H16N2O2. The molecule has 0 aliphatic heterocycles. The van der Waals surface area contributed by atoms with E-state index in [1.807, 2.05) is 54.9 Å². The zero-order chi connectivity index (χ0) is 13.4. The van der Waals surface area contributed by atoms with Crippen LogP contribution in [0.15, 0.2) is 40.8 Å². The lowest BCUT2D eigenvalue weighted by molar-refractivity contribution is 0.146. The summed E-state index contributed by atoms with van der Waals surface area (Å²) in [7, 11) is 1.96. The van der Waals surface area contributed by atoms with Gasteiger partial charge in [-0.3, -0.25) is 0 Å². The number of hydrogen-bond acceptors (Lipinski definition) is 3. The van der Waals surface area contributed by atoms with Crippen LogP contribution >= 0.6 is 0 Å². The van der Waals surface area contributed by atoms with Gasteiger partial charge in [0.2, 0.25) is 0 Å². The third-order valence-electron chi connectivity index (χ3n) is 3.35. The summed E-state index contributed by atoms with van der Waals surface area (Å²) < 4.78 is 7.45. The van der Waals surface area contributed by atoms with E-state index in [4.69, 9.17) is 4.42 Å². The van der Waals surface area contributed by atoms with E-state index in [-0.39, 0.29) is 0 Å². The number of aromatic nitrogens is 2. The van der Waals surface area contributed by atoms with Crippen LogP contribution in [0.3, 0.4) is 0 Å². The van der Waals surface area contributed by atoms with E-state index >= 15 is 0 Å². The zero-order valence-electron chi connectivity index (χ0n) is 11.0. The van der Waals surface area contributed by atoms with Gasteiger partial charge in [-0.25, -0.2) is 4.98 Å². The summed E-state index contributed by atoms with van der Waals surface area (Å²) in [5, 5.41) is 10.2. The Morgan fingerprint density at radius 1 is 1.26 bits per heavy atom. The van der Waals surface area contributed by atoms with Gasteiger partial charge in [0.15, 0.2) is 0 Å². The van der Waals surface area contributed by atoms with Crippen molar-refractivity contribution in [3.8, 4) is 0 Å². The Morgan fingerprint density at radius 2 is 2.05 bits per heavy atom. The lowest BCUT2D eigenvalue weighted by Crippen LogP contribution is -2.06. The van der Waals surface area contributed by atoms with Gasteiger partial charge in [-0.05, 0) is 31.2 Å². The van der Waals surface area contributed by atoms with Crippen molar-refractivity contribution < 1.29 is 9.52 Å². The Kier molecular flexibility index (Phi) is 2.87. The number of furan rings is 1. The molecule has 0 aliphatic carbocycles. The topological polar surface area (TPSA) is 51.2 Å². The third-order valence-corrected chi connectivity index (χ3v) is 3.35. The molecule has 1 N–H and O–H groups in total. The van der Waals surface area contributed by atoms with E-state index in [1.165, 1.54) is 0 Å². The summed E-state index contributed by atoms with van der Waals surface area (Å²) >= 11 is 0. The number of para-hydroxylation sites is 2. The van der Waals surface area contributed by atoms with E-state index in [9.17, 15) is 5.11 Å². The quantitative estimate of drug-likeness (QED) is 0.784. The maximum atomic E-state index is 10.2. The van der Waals surface area contributed by atoms with Crippen LogP contribution in [0.1, 0.15) is 23.4 Å². The highest BCUT2D eigenvalue weighted by molar-refractivity contribution is 5.75. The lowest BCUT2D eigenvalue weighted by Gasteiger charge is -2.07. The van der Waals surface area contributed by atoms with Crippen molar-refractivity contribution >= 4 is 11.0 Å². The largest absolute Gasteiger partial charge is 0.464 e. The van der Waals surface area contributed by atoms with Crippen LogP contribution < -0.4 is 0 Å². The van der Waals surface area contributed by atoms with E-state index in [0.717, 1.165) is 22.6 Å². The van der Waals surface area contributed by atoms with Crippen molar-refractivity contribution in [1.29, 1.82) is 0 Å². The molecule has 19 heavy (non-hydrogen) atoms. The first-order valence-electron chi connectivity index (χ1n) is 6.30. The van der Waals surface area contributed by atoms with Crippen molar-refractivity contribution in [3.05, 3.63) is 53.7 Å². The Hall–Kier alpha value is -2.07. The summed E-state index contributed by atoms with van der Waals surface area (Å²) in [6, 6.07) is 11.6. The molecule has 0 saturated carbocycles. The molecule has 0 saturated heterocycles. The predicted molar refractivity (Wildman–Crippen MR) is 72.8 cm³/mol. The molecular weight excluding hydrogens is 240 g/mol. The van der Waals surface area contributed by atoms with Gasteiger partial charge in [0, 0.05) is 13.5 Å². The van der Waals surface area contributed by atoms with Crippen molar-refractivity contribution in [1.82, 2.24) is 9.55 Å². The average molecular weight is 256 g/mol. The summed E-state index contributed by atoms with van der Waals surface area (Å²) in [4.78, 5) is 4.55. The minimum atomic E-state index is -0.663. The predicted octanol–water partition coefficient (Wildman–Crippen LogP) is 2.75. The van der Waals surface area contributed by atoms with Crippen molar-refractivity contribution in [3.63, 3.8) is 0 Å². The molecule has 1 unspecified atom stereocenters. The van der Waals surface area contributed by atoms with Gasteiger partial charge in [0.1, 0.15) is 23.4 Å². The first-order chi connectivity index (χ1) is 9.15. The molecule has 0 spiro atoms.